The third-order valence-corrected chi connectivity index (χ3v) is 4.20. The van der Waals surface area contributed by atoms with Gasteiger partial charge in [0.05, 0.1) is 27.4 Å². The van der Waals surface area contributed by atoms with E-state index < -0.39 is 0 Å². The summed E-state index contributed by atoms with van der Waals surface area (Å²) in [6.45, 7) is 5.39. The minimum Gasteiger partial charge on any atom is -0.496 e. The first-order valence-electron chi connectivity index (χ1n) is 7.34. The van der Waals surface area contributed by atoms with Crippen LogP contribution in [0.3, 0.4) is 0 Å². The van der Waals surface area contributed by atoms with Crippen molar-refractivity contribution in [2.75, 3.05) is 27.9 Å². The van der Waals surface area contributed by atoms with Gasteiger partial charge in [-0.05, 0) is 26.3 Å². The number of ether oxygens (including phenoxy) is 3. The van der Waals surface area contributed by atoms with Gasteiger partial charge in [-0.15, -0.1) is 0 Å². The SMILES string of the molecule is COc1cc(OC)c(C2C(N)CCN2C(C)C)cc1OC. The van der Waals surface area contributed by atoms with Crippen LogP contribution >= 0.6 is 0 Å². The van der Waals surface area contributed by atoms with E-state index in [1.807, 2.05) is 12.1 Å². The molecule has 0 amide bonds. The summed E-state index contributed by atoms with van der Waals surface area (Å²) < 4.78 is 16.3. The first-order valence-corrected chi connectivity index (χ1v) is 7.34. The predicted octanol–water partition coefficient (Wildman–Crippen LogP) is 2.19. The summed E-state index contributed by atoms with van der Waals surface area (Å²) in [4.78, 5) is 2.41. The zero-order valence-electron chi connectivity index (χ0n) is 13.6. The number of methoxy groups -OCH3 is 3. The Balaban J connectivity index is 2.50. The van der Waals surface area contributed by atoms with Gasteiger partial charge in [0, 0.05) is 30.3 Å². The van der Waals surface area contributed by atoms with E-state index in [-0.39, 0.29) is 12.1 Å². The van der Waals surface area contributed by atoms with Gasteiger partial charge < -0.3 is 19.9 Å². The first-order chi connectivity index (χ1) is 10.0. The normalized spacial score (nSPS) is 22.6. The summed E-state index contributed by atoms with van der Waals surface area (Å²) in [5, 5.41) is 0. The molecule has 1 saturated heterocycles. The van der Waals surface area contributed by atoms with Crippen LogP contribution in [-0.2, 0) is 0 Å². The quantitative estimate of drug-likeness (QED) is 0.902. The first kappa shape index (κ1) is 15.9. The van der Waals surface area contributed by atoms with Crippen molar-refractivity contribution in [1.29, 1.82) is 0 Å². The number of hydrogen-bond donors (Lipinski definition) is 1. The number of rotatable bonds is 5. The predicted molar refractivity (Wildman–Crippen MR) is 83.3 cm³/mol. The van der Waals surface area contributed by atoms with Crippen LogP contribution in [-0.4, -0.2) is 44.9 Å². The van der Waals surface area contributed by atoms with Gasteiger partial charge >= 0.3 is 0 Å². The Morgan fingerprint density at radius 3 is 2.14 bits per heavy atom. The van der Waals surface area contributed by atoms with Crippen molar-refractivity contribution in [1.82, 2.24) is 4.90 Å². The molecule has 1 aliphatic rings. The van der Waals surface area contributed by atoms with E-state index in [2.05, 4.69) is 18.7 Å². The molecule has 1 fully saturated rings. The van der Waals surface area contributed by atoms with Gasteiger partial charge in [0.25, 0.3) is 0 Å². The van der Waals surface area contributed by atoms with Crippen LogP contribution in [0.4, 0.5) is 0 Å². The smallest absolute Gasteiger partial charge is 0.164 e. The molecule has 2 atom stereocenters. The van der Waals surface area contributed by atoms with Crippen LogP contribution in [0.2, 0.25) is 0 Å². The topological polar surface area (TPSA) is 57.0 Å². The largest absolute Gasteiger partial charge is 0.496 e. The molecule has 5 heteroatoms. The summed E-state index contributed by atoms with van der Waals surface area (Å²) in [7, 11) is 4.94. The van der Waals surface area contributed by atoms with Crippen LogP contribution in [0.15, 0.2) is 12.1 Å². The number of likely N-dealkylation sites (tertiary alicyclic amines) is 1. The summed E-state index contributed by atoms with van der Waals surface area (Å²) in [5.41, 5.74) is 7.42. The molecule has 0 bridgehead atoms. The Hall–Kier alpha value is -1.46. The Morgan fingerprint density at radius 1 is 1.05 bits per heavy atom. The van der Waals surface area contributed by atoms with Crippen molar-refractivity contribution in [2.24, 2.45) is 5.73 Å². The Bertz CT molecular complexity index is 491. The van der Waals surface area contributed by atoms with Crippen molar-refractivity contribution in [3.8, 4) is 17.2 Å². The standard InChI is InChI=1S/C16H26N2O3/c1-10(2)18-7-6-12(17)16(18)11-8-14(20-4)15(21-5)9-13(11)19-3/h8-10,12,16H,6-7,17H2,1-5H3. The minimum atomic E-state index is 0.0967. The van der Waals surface area contributed by atoms with Gasteiger partial charge in [0.2, 0.25) is 0 Å². The third-order valence-electron chi connectivity index (χ3n) is 4.20. The van der Waals surface area contributed by atoms with Crippen LogP contribution < -0.4 is 19.9 Å². The lowest BCUT2D eigenvalue weighted by atomic mass is 9.98. The molecule has 118 valence electrons. The molecule has 2 N–H and O–H groups in total. The second-order valence-corrected chi connectivity index (χ2v) is 5.68. The fourth-order valence-electron chi connectivity index (χ4n) is 3.11. The van der Waals surface area contributed by atoms with Crippen molar-refractivity contribution in [2.45, 2.75) is 38.4 Å². The lowest BCUT2D eigenvalue weighted by molar-refractivity contribution is 0.194. The molecule has 1 aromatic rings. The highest BCUT2D eigenvalue weighted by atomic mass is 16.5. The molecule has 5 nitrogen and oxygen atoms in total. The van der Waals surface area contributed by atoms with E-state index in [9.17, 15) is 0 Å². The summed E-state index contributed by atoms with van der Waals surface area (Å²) in [5.74, 6) is 2.16. The maximum atomic E-state index is 6.36. The monoisotopic (exact) mass is 294 g/mol. The van der Waals surface area contributed by atoms with E-state index in [4.69, 9.17) is 19.9 Å². The highest BCUT2D eigenvalue weighted by molar-refractivity contribution is 5.52. The number of hydrogen-bond acceptors (Lipinski definition) is 5. The highest BCUT2D eigenvalue weighted by Crippen LogP contribution is 2.43. The van der Waals surface area contributed by atoms with E-state index >= 15 is 0 Å². The second-order valence-electron chi connectivity index (χ2n) is 5.68. The molecule has 1 aliphatic heterocycles. The van der Waals surface area contributed by atoms with Crippen LogP contribution in [0.25, 0.3) is 0 Å². The van der Waals surface area contributed by atoms with Crippen LogP contribution in [0, 0.1) is 0 Å². The van der Waals surface area contributed by atoms with E-state index in [0.29, 0.717) is 17.5 Å². The lowest BCUT2D eigenvalue weighted by Gasteiger charge is -2.31. The zero-order chi connectivity index (χ0) is 15.6. The maximum absolute atomic E-state index is 6.36. The Labute approximate surface area is 127 Å². The summed E-state index contributed by atoms with van der Waals surface area (Å²) in [6.07, 6.45) is 0.986. The maximum Gasteiger partial charge on any atom is 0.164 e. The van der Waals surface area contributed by atoms with Crippen LogP contribution in [0.5, 0.6) is 17.2 Å². The van der Waals surface area contributed by atoms with Crippen molar-refractivity contribution in [3.05, 3.63) is 17.7 Å². The molecular formula is C16H26N2O3. The zero-order valence-corrected chi connectivity index (χ0v) is 13.6. The molecule has 2 unspecified atom stereocenters. The van der Waals surface area contributed by atoms with Crippen LogP contribution in [0.1, 0.15) is 31.9 Å². The van der Waals surface area contributed by atoms with Crippen molar-refractivity contribution in [3.63, 3.8) is 0 Å². The molecule has 1 aromatic carbocycles. The molecule has 0 aromatic heterocycles. The lowest BCUT2D eigenvalue weighted by Crippen LogP contribution is -2.36. The second kappa shape index (κ2) is 6.54. The Morgan fingerprint density at radius 2 is 1.62 bits per heavy atom. The average Bonchev–Trinajstić information content (AvgIpc) is 2.87. The molecule has 0 radical (unpaired) electrons. The molecule has 0 saturated carbocycles. The molecule has 0 aliphatic carbocycles. The molecule has 21 heavy (non-hydrogen) atoms. The average molecular weight is 294 g/mol. The third kappa shape index (κ3) is 2.94. The van der Waals surface area contributed by atoms with Gasteiger partial charge in [-0.3, -0.25) is 4.90 Å². The van der Waals surface area contributed by atoms with Gasteiger partial charge in [-0.25, -0.2) is 0 Å². The van der Waals surface area contributed by atoms with E-state index in [0.717, 1.165) is 24.3 Å². The van der Waals surface area contributed by atoms with E-state index in [1.165, 1.54) is 0 Å². The molecule has 0 spiro atoms. The summed E-state index contributed by atoms with van der Waals surface area (Å²) in [6, 6.07) is 4.53. The van der Waals surface area contributed by atoms with Crippen molar-refractivity contribution >= 4 is 0 Å². The van der Waals surface area contributed by atoms with Gasteiger partial charge in [-0.1, -0.05) is 0 Å². The fourth-order valence-corrected chi connectivity index (χ4v) is 3.11. The molecule has 1 heterocycles. The summed E-state index contributed by atoms with van der Waals surface area (Å²) >= 11 is 0. The van der Waals surface area contributed by atoms with Gasteiger partial charge in [-0.2, -0.15) is 0 Å². The number of nitrogens with two attached hydrogens (primary N) is 1. The molecule has 2 rings (SSSR count). The van der Waals surface area contributed by atoms with E-state index in [1.54, 1.807) is 21.3 Å². The fraction of sp³-hybridized carbons (Fsp3) is 0.625. The number of benzene rings is 1. The minimum absolute atomic E-state index is 0.0967. The number of nitrogens with zero attached hydrogens (tertiary/aromatic N) is 1. The Kier molecular flexibility index (Phi) is 4.96. The highest BCUT2D eigenvalue weighted by Gasteiger charge is 2.36. The molecular weight excluding hydrogens is 268 g/mol. The van der Waals surface area contributed by atoms with Crippen molar-refractivity contribution < 1.29 is 14.2 Å². The van der Waals surface area contributed by atoms with Gasteiger partial charge in [0.1, 0.15) is 5.75 Å². The van der Waals surface area contributed by atoms with Gasteiger partial charge in [0.15, 0.2) is 11.5 Å².